The zero-order valence-electron chi connectivity index (χ0n) is 12.6. The first-order valence-electron chi connectivity index (χ1n) is 6.84. The van der Waals surface area contributed by atoms with E-state index in [1.54, 1.807) is 13.2 Å². The summed E-state index contributed by atoms with van der Waals surface area (Å²) in [4.78, 5) is 25.0. The molecule has 1 aromatic heterocycles. The summed E-state index contributed by atoms with van der Waals surface area (Å²) in [6.07, 6.45) is 2.99. The molecule has 1 atom stereocenters. The quantitative estimate of drug-likeness (QED) is 0.686. The molecule has 1 aromatic rings. The molecule has 0 bridgehead atoms. The van der Waals surface area contributed by atoms with Gasteiger partial charge in [-0.15, -0.1) is 0 Å². The van der Waals surface area contributed by atoms with Crippen LogP contribution in [0.5, 0.6) is 0 Å². The second kappa shape index (κ2) is 8.25. The highest BCUT2D eigenvalue weighted by Gasteiger charge is 2.25. The molecule has 0 aliphatic rings. The van der Waals surface area contributed by atoms with Crippen molar-refractivity contribution < 1.29 is 19.4 Å². The Balaban J connectivity index is 2.69. The van der Waals surface area contributed by atoms with E-state index in [2.05, 4.69) is 10.4 Å². The number of carboxylic acid groups (broad SMARTS) is 1. The first kappa shape index (κ1) is 17.0. The lowest BCUT2D eigenvalue weighted by Crippen LogP contribution is -2.44. The predicted octanol–water partition coefficient (Wildman–Crippen LogP) is 0.614. The Morgan fingerprint density at radius 2 is 2.24 bits per heavy atom. The van der Waals surface area contributed by atoms with Crippen molar-refractivity contribution in [3.8, 4) is 0 Å². The second-order valence-corrected chi connectivity index (χ2v) is 4.44. The van der Waals surface area contributed by atoms with E-state index in [0.29, 0.717) is 31.9 Å². The van der Waals surface area contributed by atoms with Crippen LogP contribution in [-0.4, -0.2) is 58.1 Å². The fourth-order valence-corrected chi connectivity index (χ4v) is 1.81. The minimum atomic E-state index is -1.13. The lowest BCUT2D eigenvalue weighted by molar-refractivity contribution is -0.139. The molecule has 0 saturated heterocycles. The van der Waals surface area contributed by atoms with Crippen molar-refractivity contribution in [2.24, 2.45) is 7.05 Å². The number of carbonyl (C=O) groups is 2. The lowest BCUT2D eigenvalue weighted by Gasteiger charge is -2.23. The Kier molecular flexibility index (Phi) is 6.67. The van der Waals surface area contributed by atoms with Gasteiger partial charge in [-0.2, -0.15) is 5.10 Å². The highest BCUT2D eigenvalue weighted by Crippen LogP contribution is 2.12. The predicted molar refractivity (Wildman–Crippen MR) is 75.9 cm³/mol. The summed E-state index contributed by atoms with van der Waals surface area (Å²) in [5.74, 6) is -1.13. The van der Waals surface area contributed by atoms with E-state index in [-0.39, 0.29) is 0 Å². The van der Waals surface area contributed by atoms with Crippen LogP contribution in [-0.2, 0) is 16.6 Å². The van der Waals surface area contributed by atoms with Crippen LogP contribution in [0.4, 0.5) is 4.79 Å². The number of aryl methyl sites for hydroxylation is 1. The molecule has 2 N–H and O–H groups in total. The van der Waals surface area contributed by atoms with E-state index in [0.717, 1.165) is 0 Å². The summed E-state index contributed by atoms with van der Waals surface area (Å²) < 4.78 is 6.70. The highest BCUT2D eigenvalue weighted by atomic mass is 16.5. The molecule has 1 unspecified atom stereocenters. The van der Waals surface area contributed by atoms with Crippen LogP contribution in [0, 0.1) is 0 Å². The highest BCUT2D eigenvalue weighted by molar-refractivity contribution is 5.83. The number of likely N-dealkylation sites (N-methyl/N-ethyl adjacent to an activating group) is 1. The molecular formula is C13H22N4O4. The molecule has 0 saturated carbocycles. The molecule has 0 aliphatic heterocycles. The number of hydrogen-bond donors (Lipinski definition) is 2. The summed E-state index contributed by atoms with van der Waals surface area (Å²) >= 11 is 0. The van der Waals surface area contributed by atoms with Crippen molar-refractivity contribution in [2.75, 3.05) is 26.3 Å². The summed E-state index contributed by atoms with van der Waals surface area (Å²) in [7, 11) is 1.69. The average molecular weight is 298 g/mol. The molecule has 118 valence electrons. The Labute approximate surface area is 123 Å². The molecule has 1 heterocycles. The third kappa shape index (κ3) is 5.07. The van der Waals surface area contributed by atoms with E-state index in [1.807, 2.05) is 13.8 Å². The van der Waals surface area contributed by atoms with Gasteiger partial charge in [0.1, 0.15) is 0 Å². The topological polar surface area (TPSA) is 96.7 Å². The van der Waals surface area contributed by atoms with Crippen molar-refractivity contribution in [3.05, 3.63) is 18.0 Å². The smallest absolute Gasteiger partial charge is 0.331 e. The van der Waals surface area contributed by atoms with Gasteiger partial charge in [0.2, 0.25) is 0 Å². The van der Waals surface area contributed by atoms with E-state index in [9.17, 15) is 14.7 Å². The fourth-order valence-electron chi connectivity index (χ4n) is 1.81. The number of ether oxygens (including phenoxy) is 1. The SMILES string of the molecule is CCOCCN(CC)C(=O)NC(C(=O)O)c1cnn(C)c1. The number of rotatable bonds is 8. The Hall–Kier alpha value is -2.09. The zero-order valence-corrected chi connectivity index (χ0v) is 12.6. The lowest BCUT2D eigenvalue weighted by atomic mass is 10.1. The summed E-state index contributed by atoms with van der Waals surface area (Å²) in [6, 6.07) is -1.55. The van der Waals surface area contributed by atoms with E-state index >= 15 is 0 Å². The van der Waals surface area contributed by atoms with Gasteiger partial charge in [0.25, 0.3) is 0 Å². The van der Waals surface area contributed by atoms with Gasteiger partial charge in [0, 0.05) is 38.5 Å². The molecule has 0 radical (unpaired) electrons. The Morgan fingerprint density at radius 3 is 2.71 bits per heavy atom. The number of carbonyl (C=O) groups excluding carboxylic acids is 1. The van der Waals surface area contributed by atoms with Crippen molar-refractivity contribution in [1.29, 1.82) is 0 Å². The molecular weight excluding hydrogens is 276 g/mol. The maximum Gasteiger partial charge on any atom is 0.331 e. The summed E-state index contributed by atoms with van der Waals surface area (Å²) in [6.45, 7) is 5.58. The van der Waals surface area contributed by atoms with E-state index in [4.69, 9.17) is 4.74 Å². The van der Waals surface area contributed by atoms with Gasteiger partial charge in [-0.05, 0) is 13.8 Å². The minimum Gasteiger partial charge on any atom is -0.479 e. The van der Waals surface area contributed by atoms with Crippen LogP contribution in [0.2, 0.25) is 0 Å². The standard InChI is InChI=1S/C13H22N4O4/c1-4-17(6-7-21-5-2)13(20)15-11(12(18)19)10-8-14-16(3)9-10/h8-9,11H,4-7H2,1-3H3,(H,15,20)(H,18,19). The molecule has 8 nitrogen and oxygen atoms in total. The fraction of sp³-hybridized carbons (Fsp3) is 0.615. The van der Waals surface area contributed by atoms with Gasteiger partial charge < -0.3 is 20.1 Å². The molecule has 0 aliphatic carbocycles. The number of nitrogens with zero attached hydrogens (tertiary/aromatic N) is 3. The van der Waals surface area contributed by atoms with Crippen LogP contribution in [0.25, 0.3) is 0 Å². The Bertz CT molecular complexity index is 474. The van der Waals surface area contributed by atoms with Gasteiger partial charge in [-0.1, -0.05) is 0 Å². The van der Waals surface area contributed by atoms with E-state index in [1.165, 1.54) is 15.8 Å². The monoisotopic (exact) mass is 298 g/mol. The first-order valence-corrected chi connectivity index (χ1v) is 6.84. The van der Waals surface area contributed by atoms with Gasteiger partial charge in [0.15, 0.2) is 6.04 Å². The first-order chi connectivity index (χ1) is 9.99. The van der Waals surface area contributed by atoms with Crippen molar-refractivity contribution in [1.82, 2.24) is 20.0 Å². The number of aromatic nitrogens is 2. The van der Waals surface area contributed by atoms with Gasteiger partial charge in [0.05, 0.1) is 12.8 Å². The maximum absolute atomic E-state index is 12.1. The van der Waals surface area contributed by atoms with E-state index < -0.39 is 18.0 Å². The van der Waals surface area contributed by atoms with Crippen molar-refractivity contribution in [2.45, 2.75) is 19.9 Å². The molecule has 2 amide bonds. The third-order valence-electron chi connectivity index (χ3n) is 2.95. The van der Waals surface area contributed by atoms with Crippen LogP contribution < -0.4 is 5.32 Å². The van der Waals surface area contributed by atoms with Gasteiger partial charge >= 0.3 is 12.0 Å². The van der Waals surface area contributed by atoms with Crippen molar-refractivity contribution >= 4 is 12.0 Å². The maximum atomic E-state index is 12.1. The van der Waals surface area contributed by atoms with Crippen LogP contribution in [0.15, 0.2) is 12.4 Å². The summed E-state index contributed by atoms with van der Waals surface area (Å²) in [5, 5.41) is 15.7. The molecule has 8 heteroatoms. The molecule has 0 spiro atoms. The molecule has 0 fully saturated rings. The van der Waals surface area contributed by atoms with Crippen molar-refractivity contribution in [3.63, 3.8) is 0 Å². The van der Waals surface area contributed by atoms with Crippen LogP contribution in [0.3, 0.4) is 0 Å². The second-order valence-electron chi connectivity index (χ2n) is 4.44. The number of hydrogen-bond acceptors (Lipinski definition) is 4. The normalized spacial score (nSPS) is 12.0. The Morgan fingerprint density at radius 1 is 1.52 bits per heavy atom. The molecule has 0 aromatic carbocycles. The summed E-state index contributed by atoms with van der Waals surface area (Å²) in [5.41, 5.74) is 0.430. The van der Waals surface area contributed by atoms with Gasteiger partial charge in [-0.25, -0.2) is 9.59 Å². The number of amides is 2. The molecule has 1 rings (SSSR count). The average Bonchev–Trinajstić information content (AvgIpc) is 2.86. The van der Waals surface area contributed by atoms with Gasteiger partial charge in [-0.3, -0.25) is 4.68 Å². The minimum absolute atomic E-state index is 0.412. The van der Waals surface area contributed by atoms with Crippen LogP contribution >= 0.6 is 0 Å². The number of aliphatic carboxylic acids is 1. The number of carboxylic acids is 1. The molecule has 21 heavy (non-hydrogen) atoms. The largest absolute Gasteiger partial charge is 0.479 e. The zero-order chi connectivity index (χ0) is 15.8. The third-order valence-corrected chi connectivity index (χ3v) is 2.95. The number of nitrogens with one attached hydrogen (secondary N) is 1. The number of urea groups is 1. The van der Waals surface area contributed by atoms with Crippen LogP contribution in [0.1, 0.15) is 25.5 Å².